The van der Waals surface area contributed by atoms with E-state index in [0.29, 0.717) is 5.92 Å². The lowest BCUT2D eigenvalue weighted by atomic mass is 9.84. The molecule has 19 heavy (non-hydrogen) atoms. The van der Waals surface area contributed by atoms with Crippen molar-refractivity contribution in [2.45, 2.75) is 18.9 Å². The predicted octanol–water partition coefficient (Wildman–Crippen LogP) is -0.498. The largest absolute Gasteiger partial charge is 0.477 e. The van der Waals surface area contributed by atoms with E-state index in [-0.39, 0.29) is 11.6 Å². The van der Waals surface area contributed by atoms with Crippen molar-refractivity contribution in [3.63, 3.8) is 0 Å². The molecule has 0 amide bonds. The highest BCUT2D eigenvalue weighted by molar-refractivity contribution is 5.86. The zero-order valence-corrected chi connectivity index (χ0v) is 10.3. The third-order valence-electron chi connectivity index (χ3n) is 4.18. The monoisotopic (exact) mass is 265 g/mol. The van der Waals surface area contributed by atoms with Crippen LogP contribution in [0.15, 0.2) is 15.8 Å². The number of carbonyl (C=O) groups is 1. The molecule has 0 spiro atoms. The second kappa shape index (κ2) is 4.34. The van der Waals surface area contributed by atoms with Crippen LogP contribution >= 0.6 is 0 Å². The minimum absolute atomic E-state index is 0.0371. The van der Waals surface area contributed by atoms with Gasteiger partial charge in [-0.15, -0.1) is 0 Å². The lowest BCUT2D eigenvalue weighted by Crippen LogP contribution is -2.51. The van der Waals surface area contributed by atoms with Crippen molar-refractivity contribution in [3.8, 4) is 0 Å². The topological polar surface area (TPSA) is 95.4 Å². The first-order valence-corrected chi connectivity index (χ1v) is 6.37. The maximum absolute atomic E-state index is 11.9. The molecule has 1 unspecified atom stereocenters. The molecule has 7 heteroatoms. The van der Waals surface area contributed by atoms with Crippen molar-refractivity contribution >= 4 is 5.97 Å². The number of hydrogen-bond donors (Lipinski definition) is 2. The quantitative estimate of drug-likeness (QED) is 0.751. The van der Waals surface area contributed by atoms with Crippen molar-refractivity contribution < 1.29 is 9.90 Å². The van der Waals surface area contributed by atoms with Gasteiger partial charge in [-0.3, -0.25) is 14.3 Å². The van der Waals surface area contributed by atoms with E-state index < -0.39 is 17.2 Å². The number of nitrogens with one attached hydrogen (secondary N) is 1. The number of piperidine rings is 3. The Bertz CT molecular complexity index is 625. The van der Waals surface area contributed by atoms with Crippen LogP contribution < -0.4 is 11.2 Å². The van der Waals surface area contributed by atoms with Gasteiger partial charge in [0.2, 0.25) is 0 Å². The van der Waals surface area contributed by atoms with Gasteiger partial charge in [0.05, 0.1) is 6.04 Å². The molecule has 3 saturated heterocycles. The maximum Gasteiger partial charge on any atom is 0.342 e. The molecule has 1 aromatic heterocycles. The van der Waals surface area contributed by atoms with E-state index in [1.54, 1.807) is 0 Å². The van der Waals surface area contributed by atoms with Crippen LogP contribution in [0, 0.1) is 5.92 Å². The van der Waals surface area contributed by atoms with E-state index >= 15 is 0 Å². The van der Waals surface area contributed by atoms with Gasteiger partial charge in [-0.2, -0.15) is 0 Å². The van der Waals surface area contributed by atoms with Crippen LogP contribution in [-0.4, -0.2) is 45.2 Å². The molecule has 0 saturated carbocycles. The minimum Gasteiger partial charge on any atom is -0.477 e. The van der Waals surface area contributed by atoms with E-state index in [0.717, 1.165) is 32.5 Å². The Hall–Kier alpha value is -1.89. The predicted molar refractivity (Wildman–Crippen MR) is 66.5 cm³/mol. The number of carboxylic acid groups (broad SMARTS) is 1. The average Bonchev–Trinajstić information content (AvgIpc) is 2.39. The molecule has 3 aliphatic heterocycles. The Balaban J connectivity index is 2.05. The summed E-state index contributed by atoms with van der Waals surface area (Å²) in [5.74, 6) is -0.925. The number of aromatic amines is 1. The zero-order chi connectivity index (χ0) is 13.6. The molecule has 1 atom stereocenters. The lowest BCUT2D eigenvalue weighted by Gasteiger charge is -2.45. The number of aromatic nitrogens is 2. The van der Waals surface area contributed by atoms with Gasteiger partial charge < -0.3 is 10.0 Å². The van der Waals surface area contributed by atoms with Crippen LogP contribution in [0.25, 0.3) is 0 Å². The van der Waals surface area contributed by atoms with Gasteiger partial charge in [-0.05, 0) is 31.8 Å². The van der Waals surface area contributed by atoms with E-state index in [2.05, 4.69) is 9.88 Å². The molecule has 3 aliphatic rings. The molecule has 1 aromatic rings. The van der Waals surface area contributed by atoms with Crippen LogP contribution in [0.1, 0.15) is 29.2 Å². The average molecular weight is 265 g/mol. The fraction of sp³-hybridized carbons (Fsp3) is 0.583. The van der Waals surface area contributed by atoms with E-state index in [1.807, 2.05) is 0 Å². The highest BCUT2D eigenvalue weighted by Crippen LogP contribution is 2.34. The normalized spacial score (nSPS) is 29.4. The summed E-state index contributed by atoms with van der Waals surface area (Å²) in [4.78, 5) is 38.6. The first-order chi connectivity index (χ1) is 9.06. The fourth-order valence-corrected chi connectivity index (χ4v) is 3.13. The first-order valence-electron chi connectivity index (χ1n) is 6.37. The van der Waals surface area contributed by atoms with Gasteiger partial charge in [0, 0.05) is 12.7 Å². The Labute approximate surface area is 108 Å². The third-order valence-corrected chi connectivity index (χ3v) is 4.18. The zero-order valence-electron chi connectivity index (χ0n) is 10.3. The molecule has 4 heterocycles. The number of H-pyrrole nitrogens is 1. The summed E-state index contributed by atoms with van der Waals surface area (Å²) >= 11 is 0. The van der Waals surface area contributed by atoms with Crippen LogP contribution in [0.3, 0.4) is 0 Å². The summed E-state index contributed by atoms with van der Waals surface area (Å²) in [6, 6.07) is -0.0371. The smallest absolute Gasteiger partial charge is 0.342 e. The molecule has 3 fully saturated rings. The molecule has 4 rings (SSSR count). The van der Waals surface area contributed by atoms with Crippen LogP contribution in [0.5, 0.6) is 0 Å². The van der Waals surface area contributed by atoms with E-state index in [4.69, 9.17) is 5.11 Å². The number of rotatable bonds is 2. The van der Waals surface area contributed by atoms with Gasteiger partial charge >= 0.3 is 11.7 Å². The fourth-order valence-electron chi connectivity index (χ4n) is 3.13. The highest BCUT2D eigenvalue weighted by Gasteiger charge is 2.36. The Morgan fingerprint density at radius 1 is 1.32 bits per heavy atom. The van der Waals surface area contributed by atoms with Gasteiger partial charge in [-0.1, -0.05) is 0 Å². The number of nitrogens with zero attached hydrogens (tertiary/aromatic N) is 2. The Morgan fingerprint density at radius 3 is 2.53 bits per heavy atom. The highest BCUT2D eigenvalue weighted by atomic mass is 16.4. The molecule has 0 aliphatic carbocycles. The lowest BCUT2D eigenvalue weighted by molar-refractivity contribution is 0.0539. The molecular weight excluding hydrogens is 250 g/mol. The second-order valence-electron chi connectivity index (χ2n) is 5.22. The summed E-state index contributed by atoms with van der Waals surface area (Å²) in [5.41, 5.74) is -1.74. The number of aromatic carboxylic acids is 1. The Morgan fingerprint density at radius 2 is 2.00 bits per heavy atom. The third kappa shape index (κ3) is 1.99. The van der Waals surface area contributed by atoms with Gasteiger partial charge in [0.25, 0.3) is 5.56 Å². The molecule has 102 valence electrons. The van der Waals surface area contributed by atoms with Crippen LogP contribution in [0.2, 0.25) is 0 Å². The number of fused-ring (bicyclic) bond motifs is 3. The summed E-state index contributed by atoms with van der Waals surface area (Å²) in [7, 11) is 0. The number of hydrogen-bond acceptors (Lipinski definition) is 4. The van der Waals surface area contributed by atoms with E-state index in [9.17, 15) is 14.4 Å². The SMILES string of the molecule is O=C(O)c1cn(C2CN3CCC2CC3)c(=O)[nH]c1=O. The van der Waals surface area contributed by atoms with Gasteiger partial charge in [-0.25, -0.2) is 9.59 Å². The molecule has 2 N–H and O–H groups in total. The van der Waals surface area contributed by atoms with Crippen molar-refractivity contribution in [2.75, 3.05) is 19.6 Å². The maximum atomic E-state index is 11.9. The molecule has 0 radical (unpaired) electrons. The molecular formula is C12H15N3O4. The summed E-state index contributed by atoms with van der Waals surface area (Å²) in [6.45, 7) is 2.81. The van der Waals surface area contributed by atoms with Crippen LogP contribution in [-0.2, 0) is 0 Å². The molecule has 7 nitrogen and oxygen atoms in total. The van der Waals surface area contributed by atoms with Crippen molar-refractivity contribution in [1.29, 1.82) is 0 Å². The first kappa shape index (κ1) is 12.2. The molecule has 2 bridgehead atoms. The number of carboxylic acids is 1. The Kier molecular flexibility index (Phi) is 2.78. The molecule has 0 aromatic carbocycles. The van der Waals surface area contributed by atoms with E-state index in [1.165, 1.54) is 10.8 Å². The second-order valence-corrected chi connectivity index (χ2v) is 5.22. The summed E-state index contributed by atoms with van der Waals surface area (Å²) < 4.78 is 1.39. The van der Waals surface area contributed by atoms with Crippen molar-refractivity contribution in [2.24, 2.45) is 5.92 Å². The van der Waals surface area contributed by atoms with Crippen LogP contribution in [0.4, 0.5) is 0 Å². The standard InChI is InChI=1S/C12H15N3O4/c16-10-8(11(17)18)5-15(12(19)13-10)9-6-14-3-1-7(9)2-4-14/h5,7,9H,1-4,6H2,(H,17,18)(H,13,16,19). The summed E-state index contributed by atoms with van der Waals surface area (Å²) in [5, 5.41) is 8.97. The minimum atomic E-state index is -1.31. The summed E-state index contributed by atoms with van der Waals surface area (Å²) in [6.07, 6.45) is 3.22. The van der Waals surface area contributed by atoms with Crippen molar-refractivity contribution in [3.05, 3.63) is 32.6 Å². The van der Waals surface area contributed by atoms with Gasteiger partial charge in [0.1, 0.15) is 5.56 Å². The van der Waals surface area contributed by atoms with Crippen molar-refractivity contribution in [1.82, 2.24) is 14.5 Å². The van der Waals surface area contributed by atoms with Gasteiger partial charge in [0.15, 0.2) is 0 Å².